The van der Waals surface area contributed by atoms with Crippen molar-refractivity contribution in [3.05, 3.63) is 72.3 Å². The quantitative estimate of drug-likeness (QED) is 0.533. The molecule has 0 radical (unpaired) electrons. The lowest BCUT2D eigenvalue weighted by molar-refractivity contribution is 0.0691. The number of carbonyl (C=O) groups excluding carboxylic acids is 1. The minimum absolute atomic E-state index is 0.0608. The number of H-pyrrole nitrogens is 1. The van der Waals surface area contributed by atoms with Crippen molar-refractivity contribution in [2.24, 2.45) is 5.92 Å². The number of nitrogens with zero attached hydrogens (tertiary/aromatic N) is 4. The summed E-state index contributed by atoms with van der Waals surface area (Å²) in [6.07, 6.45) is 4.91. The number of anilines is 1. The average Bonchev–Trinajstić information content (AvgIpc) is 3.56. The summed E-state index contributed by atoms with van der Waals surface area (Å²) in [5.74, 6) is 0.704. The number of carbonyl (C=O) groups is 1. The van der Waals surface area contributed by atoms with Crippen molar-refractivity contribution < 1.29 is 9.18 Å². The maximum atomic E-state index is 14.6. The number of hydrogen-bond donors (Lipinski definition) is 2. The Kier molecular flexibility index (Phi) is 4.05. The number of likely N-dealkylation sites (tertiary alicyclic amines) is 1. The molecule has 6 rings (SSSR count). The van der Waals surface area contributed by atoms with E-state index in [0.29, 0.717) is 12.5 Å². The zero-order valence-corrected chi connectivity index (χ0v) is 16.7. The second-order valence-corrected chi connectivity index (χ2v) is 8.34. The van der Waals surface area contributed by atoms with Gasteiger partial charge in [-0.15, -0.1) is 4.80 Å². The molecule has 4 aromatic rings. The Labute approximate surface area is 177 Å². The van der Waals surface area contributed by atoms with Crippen LogP contribution in [0.4, 0.5) is 10.2 Å². The topological polar surface area (TPSA) is 78.8 Å². The minimum atomic E-state index is -0.515. The summed E-state index contributed by atoms with van der Waals surface area (Å²) in [5, 5.41) is 12.8. The first kappa shape index (κ1) is 18.1. The van der Waals surface area contributed by atoms with Crippen molar-refractivity contribution in [3.63, 3.8) is 0 Å². The molecule has 7 nitrogen and oxygen atoms in total. The number of nitrogens with one attached hydrogen (secondary N) is 2. The monoisotopic (exact) mass is 416 g/mol. The van der Waals surface area contributed by atoms with Crippen LogP contribution in [0.3, 0.4) is 0 Å². The lowest BCUT2D eigenvalue weighted by Gasteiger charge is -2.34. The lowest BCUT2D eigenvalue weighted by atomic mass is 10.0. The molecule has 3 heterocycles. The van der Waals surface area contributed by atoms with Gasteiger partial charge in [0, 0.05) is 23.5 Å². The summed E-state index contributed by atoms with van der Waals surface area (Å²) in [6, 6.07) is 15.0. The number of hydrogen-bond acceptors (Lipinski definition) is 4. The predicted octanol–water partition coefficient (Wildman–Crippen LogP) is 3.60. The highest BCUT2D eigenvalue weighted by atomic mass is 19.1. The normalized spacial score (nSPS) is 22.4. The van der Waals surface area contributed by atoms with E-state index in [2.05, 4.69) is 32.6 Å². The molecule has 0 spiro atoms. The van der Waals surface area contributed by atoms with E-state index in [1.165, 1.54) is 23.3 Å². The van der Waals surface area contributed by atoms with E-state index < -0.39 is 5.82 Å². The second kappa shape index (κ2) is 6.94. The number of amides is 1. The van der Waals surface area contributed by atoms with Crippen LogP contribution in [0.1, 0.15) is 23.2 Å². The molecule has 2 aromatic heterocycles. The molecule has 31 heavy (non-hydrogen) atoms. The molecule has 2 aliphatic rings. The Hall–Kier alpha value is -3.68. The molecular formula is C23H21FN6O. The van der Waals surface area contributed by atoms with E-state index in [4.69, 9.17) is 0 Å². The standard InChI is InChI=1S/C23H21FN6O/c24-17-6-3-5-16(22(17)30-25-8-9-26-30)23(31)29-13-14-10-19(20(29)11-14)28-21-12-15-4-1-2-7-18(15)27-21/h1-9,12,14,19-20,27-28H,10-11,13H2/t14-,19+,20-/m0/s1. The van der Waals surface area contributed by atoms with E-state index in [1.807, 2.05) is 23.1 Å². The molecule has 2 fully saturated rings. The molecule has 0 unspecified atom stereocenters. The van der Waals surface area contributed by atoms with Crippen molar-refractivity contribution in [2.45, 2.75) is 24.9 Å². The van der Waals surface area contributed by atoms with Crippen molar-refractivity contribution in [1.82, 2.24) is 24.9 Å². The molecular weight excluding hydrogens is 395 g/mol. The Balaban J connectivity index is 1.28. The minimum Gasteiger partial charge on any atom is -0.367 e. The number of aromatic nitrogens is 4. The van der Waals surface area contributed by atoms with Gasteiger partial charge in [-0.1, -0.05) is 24.3 Å². The number of para-hydroxylation sites is 2. The van der Waals surface area contributed by atoms with E-state index in [1.54, 1.807) is 12.1 Å². The molecule has 1 aliphatic carbocycles. The van der Waals surface area contributed by atoms with Gasteiger partial charge in [-0.05, 0) is 43.0 Å². The zero-order valence-electron chi connectivity index (χ0n) is 16.7. The molecule has 1 amide bonds. The molecule has 2 N–H and O–H groups in total. The van der Waals surface area contributed by atoms with Crippen LogP contribution in [0.2, 0.25) is 0 Å². The third-order valence-electron chi connectivity index (χ3n) is 6.45. The lowest BCUT2D eigenvalue weighted by Crippen LogP contribution is -2.48. The van der Waals surface area contributed by atoms with E-state index in [9.17, 15) is 9.18 Å². The SMILES string of the molecule is O=C(c1cccc(F)c1-n1nccn1)N1C[C@H]2C[C@@H](Nc3cc4ccccc4[nH]3)[C@@H]1C2. The van der Waals surface area contributed by atoms with Gasteiger partial charge in [0.2, 0.25) is 0 Å². The van der Waals surface area contributed by atoms with Crippen molar-refractivity contribution in [1.29, 1.82) is 0 Å². The van der Waals surface area contributed by atoms with Gasteiger partial charge < -0.3 is 15.2 Å². The van der Waals surface area contributed by atoms with Crippen LogP contribution in [0, 0.1) is 11.7 Å². The van der Waals surface area contributed by atoms with Gasteiger partial charge >= 0.3 is 0 Å². The maximum absolute atomic E-state index is 14.6. The Morgan fingerprint density at radius 2 is 1.94 bits per heavy atom. The van der Waals surface area contributed by atoms with E-state index in [-0.39, 0.29) is 29.2 Å². The molecule has 3 atom stereocenters. The predicted molar refractivity (Wildman–Crippen MR) is 115 cm³/mol. The fourth-order valence-corrected chi connectivity index (χ4v) is 5.14. The molecule has 1 saturated heterocycles. The molecule has 156 valence electrons. The van der Waals surface area contributed by atoms with Gasteiger partial charge in [0.15, 0.2) is 5.82 Å². The number of piperidine rings is 1. The first-order valence-electron chi connectivity index (χ1n) is 10.5. The van der Waals surface area contributed by atoms with Crippen molar-refractivity contribution in [3.8, 4) is 5.69 Å². The fourth-order valence-electron chi connectivity index (χ4n) is 5.14. The highest BCUT2D eigenvalue weighted by Crippen LogP contribution is 2.40. The van der Waals surface area contributed by atoms with Crippen molar-refractivity contribution >= 4 is 22.6 Å². The summed E-state index contributed by atoms with van der Waals surface area (Å²) >= 11 is 0. The maximum Gasteiger partial charge on any atom is 0.256 e. The van der Waals surface area contributed by atoms with E-state index in [0.717, 1.165) is 29.6 Å². The summed E-state index contributed by atoms with van der Waals surface area (Å²) in [4.78, 5) is 20.0. The third kappa shape index (κ3) is 2.98. The average molecular weight is 416 g/mol. The number of benzene rings is 2. The molecule has 1 saturated carbocycles. The van der Waals surface area contributed by atoms with Gasteiger partial charge in [0.1, 0.15) is 11.5 Å². The molecule has 2 bridgehead atoms. The summed E-state index contributed by atoms with van der Waals surface area (Å²) < 4.78 is 14.6. The Morgan fingerprint density at radius 3 is 2.74 bits per heavy atom. The summed E-state index contributed by atoms with van der Waals surface area (Å²) in [6.45, 7) is 0.691. The number of rotatable bonds is 4. The number of aromatic amines is 1. The fraction of sp³-hybridized carbons (Fsp3) is 0.261. The van der Waals surface area contributed by atoms with Crippen LogP contribution >= 0.6 is 0 Å². The summed E-state index contributed by atoms with van der Waals surface area (Å²) in [5.41, 5.74) is 1.46. The van der Waals surface area contributed by atoms with Gasteiger partial charge in [-0.2, -0.15) is 10.2 Å². The van der Waals surface area contributed by atoms with Crippen LogP contribution in [0.5, 0.6) is 0 Å². The van der Waals surface area contributed by atoms with Crippen LogP contribution < -0.4 is 5.32 Å². The Morgan fingerprint density at radius 1 is 1.10 bits per heavy atom. The summed E-state index contributed by atoms with van der Waals surface area (Å²) in [7, 11) is 0. The second-order valence-electron chi connectivity index (χ2n) is 8.34. The Bertz CT molecular complexity index is 1230. The third-order valence-corrected chi connectivity index (χ3v) is 6.45. The van der Waals surface area contributed by atoms with Crippen LogP contribution in [-0.2, 0) is 0 Å². The van der Waals surface area contributed by atoms with Gasteiger partial charge in [0.25, 0.3) is 5.91 Å². The van der Waals surface area contributed by atoms with Crippen LogP contribution in [-0.4, -0.2) is 49.4 Å². The number of fused-ring (bicyclic) bond motifs is 3. The van der Waals surface area contributed by atoms with Crippen LogP contribution in [0.15, 0.2) is 60.9 Å². The molecule has 8 heteroatoms. The number of halogens is 1. The first-order valence-corrected chi connectivity index (χ1v) is 10.5. The molecule has 1 aliphatic heterocycles. The van der Waals surface area contributed by atoms with Crippen molar-refractivity contribution in [2.75, 3.05) is 11.9 Å². The first-order chi connectivity index (χ1) is 15.2. The zero-order chi connectivity index (χ0) is 20.9. The van der Waals surface area contributed by atoms with Gasteiger partial charge in [0.05, 0.1) is 24.0 Å². The smallest absolute Gasteiger partial charge is 0.256 e. The van der Waals surface area contributed by atoms with Gasteiger partial charge in [-0.3, -0.25) is 4.79 Å². The van der Waals surface area contributed by atoms with Crippen LogP contribution in [0.25, 0.3) is 16.6 Å². The van der Waals surface area contributed by atoms with Gasteiger partial charge in [-0.25, -0.2) is 4.39 Å². The largest absolute Gasteiger partial charge is 0.367 e. The highest BCUT2D eigenvalue weighted by molar-refractivity contribution is 5.98. The van der Waals surface area contributed by atoms with E-state index >= 15 is 0 Å². The molecule has 2 aromatic carbocycles. The highest BCUT2D eigenvalue weighted by Gasteiger charge is 2.47.